The third-order valence-electron chi connectivity index (χ3n) is 2.64. The van der Waals surface area contributed by atoms with Gasteiger partial charge in [0, 0.05) is 6.92 Å². The van der Waals surface area contributed by atoms with Gasteiger partial charge in [0.2, 0.25) is 0 Å². The number of esters is 1. The molecule has 1 rings (SSSR count). The highest BCUT2D eigenvalue weighted by Gasteiger charge is 2.23. The topological polar surface area (TPSA) is 73.9 Å². The second-order valence-electron chi connectivity index (χ2n) is 4.56. The van der Waals surface area contributed by atoms with Gasteiger partial charge in [0.05, 0.1) is 6.61 Å². The SMILES string of the molecule is C=CCOC(NC(=O)OCc1ccccc1)C(C)OC(C)=O. The van der Waals surface area contributed by atoms with Gasteiger partial charge in [-0.1, -0.05) is 36.4 Å². The van der Waals surface area contributed by atoms with Crippen molar-refractivity contribution in [2.75, 3.05) is 6.61 Å². The summed E-state index contributed by atoms with van der Waals surface area (Å²) in [7, 11) is 0. The number of carbonyl (C=O) groups is 2. The number of nitrogens with one attached hydrogen (secondary N) is 1. The van der Waals surface area contributed by atoms with Crippen LogP contribution in [0.15, 0.2) is 43.0 Å². The Morgan fingerprint density at radius 2 is 2.00 bits per heavy atom. The normalized spacial score (nSPS) is 12.8. The van der Waals surface area contributed by atoms with Crippen LogP contribution in [0, 0.1) is 0 Å². The van der Waals surface area contributed by atoms with E-state index in [4.69, 9.17) is 14.2 Å². The van der Waals surface area contributed by atoms with Crippen LogP contribution in [-0.4, -0.2) is 31.0 Å². The Balaban J connectivity index is 2.50. The molecule has 0 aliphatic heterocycles. The minimum atomic E-state index is -0.815. The molecule has 0 heterocycles. The summed E-state index contributed by atoms with van der Waals surface area (Å²) < 4.78 is 15.5. The van der Waals surface area contributed by atoms with Crippen molar-refractivity contribution in [3.05, 3.63) is 48.6 Å². The minimum Gasteiger partial charge on any atom is -0.458 e. The molecule has 0 aromatic heterocycles. The Labute approximate surface area is 130 Å². The van der Waals surface area contributed by atoms with Crippen LogP contribution in [0.3, 0.4) is 0 Å². The summed E-state index contributed by atoms with van der Waals surface area (Å²) in [6, 6.07) is 9.29. The lowest BCUT2D eigenvalue weighted by Crippen LogP contribution is -2.45. The molecule has 0 saturated carbocycles. The van der Waals surface area contributed by atoms with Crippen LogP contribution < -0.4 is 5.32 Å². The van der Waals surface area contributed by atoms with Gasteiger partial charge in [-0.25, -0.2) is 4.79 Å². The van der Waals surface area contributed by atoms with E-state index >= 15 is 0 Å². The van der Waals surface area contributed by atoms with Crippen LogP contribution in [0.2, 0.25) is 0 Å². The fraction of sp³-hybridized carbons (Fsp3) is 0.375. The van der Waals surface area contributed by atoms with E-state index in [1.54, 1.807) is 6.92 Å². The third kappa shape index (κ3) is 6.90. The first kappa shape index (κ1) is 17.7. The third-order valence-corrected chi connectivity index (χ3v) is 2.64. The first-order valence-corrected chi connectivity index (χ1v) is 6.90. The van der Waals surface area contributed by atoms with Crippen LogP contribution in [0.4, 0.5) is 4.79 Å². The van der Waals surface area contributed by atoms with E-state index in [2.05, 4.69) is 11.9 Å². The second-order valence-corrected chi connectivity index (χ2v) is 4.56. The van der Waals surface area contributed by atoms with Crippen molar-refractivity contribution in [2.24, 2.45) is 0 Å². The van der Waals surface area contributed by atoms with Crippen molar-refractivity contribution < 1.29 is 23.8 Å². The molecule has 0 aliphatic rings. The smallest absolute Gasteiger partial charge is 0.409 e. The van der Waals surface area contributed by atoms with Gasteiger partial charge in [0.1, 0.15) is 12.7 Å². The highest BCUT2D eigenvalue weighted by Crippen LogP contribution is 2.04. The number of ether oxygens (including phenoxy) is 3. The predicted molar refractivity (Wildman–Crippen MR) is 80.9 cm³/mol. The molecule has 1 amide bonds. The predicted octanol–water partition coefficient (Wildman–Crippen LogP) is 2.39. The zero-order valence-corrected chi connectivity index (χ0v) is 12.8. The van der Waals surface area contributed by atoms with Crippen LogP contribution in [0.1, 0.15) is 19.4 Å². The maximum absolute atomic E-state index is 11.8. The molecule has 120 valence electrons. The molecule has 22 heavy (non-hydrogen) atoms. The summed E-state index contributed by atoms with van der Waals surface area (Å²) in [5, 5.41) is 2.52. The highest BCUT2D eigenvalue weighted by molar-refractivity contribution is 5.68. The number of rotatable bonds is 8. The summed E-state index contributed by atoms with van der Waals surface area (Å²) >= 11 is 0. The van der Waals surface area contributed by atoms with E-state index in [-0.39, 0.29) is 13.2 Å². The first-order valence-electron chi connectivity index (χ1n) is 6.90. The van der Waals surface area contributed by atoms with Crippen molar-refractivity contribution in [1.29, 1.82) is 0 Å². The average molecular weight is 307 g/mol. The van der Waals surface area contributed by atoms with Gasteiger partial charge in [-0.15, -0.1) is 6.58 Å². The molecule has 6 heteroatoms. The molecule has 0 radical (unpaired) electrons. The first-order chi connectivity index (χ1) is 10.5. The second kappa shape index (κ2) is 9.57. The lowest BCUT2D eigenvalue weighted by atomic mass is 10.2. The van der Waals surface area contributed by atoms with E-state index in [1.165, 1.54) is 13.0 Å². The van der Waals surface area contributed by atoms with Crippen molar-refractivity contribution in [1.82, 2.24) is 5.32 Å². The quantitative estimate of drug-likeness (QED) is 0.453. The lowest BCUT2D eigenvalue weighted by Gasteiger charge is -2.24. The van der Waals surface area contributed by atoms with Crippen LogP contribution >= 0.6 is 0 Å². The summed E-state index contributed by atoms with van der Waals surface area (Å²) in [6.45, 7) is 6.78. The van der Waals surface area contributed by atoms with Crippen molar-refractivity contribution in [3.63, 3.8) is 0 Å². The molecule has 1 aromatic carbocycles. The zero-order valence-electron chi connectivity index (χ0n) is 12.8. The Morgan fingerprint density at radius 3 is 2.59 bits per heavy atom. The number of hydrogen-bond donors (Lipinski definition) is 1. The van der Waals surface area contributed by atoms with E-state index in [0.717, 1.165) is 5.56 Å². The van der Waals surface area contributed by atoms with Crippen LogP contribution in [0.25, 0.3) is 0 Å². The Kier molecular flexibility index (Phi) is 7.70. The molecule has 1 N–H and O–H groups in total. The minimum absolute atomic E-state index is 0.142. The maximum Gasteiger partial charge on any atom is 0.409 e. The van der Waals surface area contributed by atoms with E-state index in [9.17, 15) is 9.59 Å². The van der Waals surface area contributed by atoms with Gasteiger partial charge in [-0.3, -0.25) is 10.1 Å². The number of amides is 1. The van der Waals surface area contributed by atoms with Crippen LogP contribution in [-0.2, 0) is 25.6 Å². The largest absolute Gasteiger partial charge is 0.458 e. The summed E-state index contributed by atoms with van der Waals surface area (Å²) in [5.74, 6) is -0.459. The van der Waals surface area contributed by atoms with Crippen LogP contribution in [0.5, 0.6) is 0 Å². The fourth-order valence-corrected chi connectivity index (χ4v) is 1.67. The van der Waals surface area contributed by atoms with Gasteiger partial charge in [-0.05, 0) is 12.5 Å². The fourth-order valence-electron chi connectivity index (χ4n) is 1.67. The van der Waals surface area contributed by atoms with Gasteiger partial charge in [-0.2, -0.15) is 0 Å². The summed E-state index contributed by atoms with van der Waals surface area (Å²) in [5.41, 5.74) is 0.870. The number of hydrogen-bond acceptors (Lipinski definition) is 5. The Morgan fingerprint density at radius 1 is 1.32 bits per heavy atom. The molecule has 0 bridgehead atoms. The Bertz CT molecular complexity index is 489. The lowest BCUT2D eigenvalue weighted by molar-refractivity contribution is -0.154. The molecule has 0 saturated heterocycles. The van der Waals surface area contributed by atoms with Gasteiger partial charge in [0.15, 0.2) is 6.23 Å². The maximum atomic E-state index is 11.8. The molecule has 1 aromatic rings. The molecule has 0 spiro atoms. The number of benzene rings is 1. The summed E-state index contributed by atoms with van der Waals surface area (Å²) in [6.07, 6.45) is -0.589. The highest BCUT2D eigenvalue weighted by atomic mass is 16.6. The molecule has 0 fully saturated rings. The molecular formula is C16H21NO5. The Hall–Kier alpha value is -2.34. The molecule has 2 unspecified atom stereocenters. The molecule has 6 nitrogen and oxygen atoms in total. The molecule has 0 aliphatic carbocycles. The van der Waals surface area contributed by atoms with E-state index in [0.29, 0.717) is 0 Å². The van der Waals surface area contributed by atoms with Crippen molar-refractivity contribution >= 4 is 12.1 Å². The molecule has 2 atom stereocenters. The van der Waals surface area contributed by atoms with Gasteiger partial charge in [0.25, 0.3) is 0 Å². The van der Waals surface area contributed by atoms with Gasteiger partial charge < -0.3 is 14.2 Å². The summed E-state index contributed by atoms with van der Waals surface area (Å²) in [4.78, 5) is 22.8. The zero-order chi connectivity index (χ0) is 16.4. The van der Waals surface area contributed by atoms with E-state index in [1.807, 2.05) is 30.3 Å². The van der Waals surface area contributed by atoms with E-state index < -0.39 is 24.4 Å². The van der Waals surface area contributed by atoms with Crippen molar-refractivity contribution in [2.45, 2.75) is 32.8 Å². The van der Waals surface area contributed by atoms with Gasteiger partial charge >= 0.3 is 12.1 Å². The number of alkyl carbamates (subject to hydrolysis) is 1. The molecular weight excluding hydrogens is 286 g/mol. The average Bonchev–Trinajstić information content (AvgIpc) is 2.49. The monoisotopic (exact) mass is 307 g/mol. The number of carbonyl (C=O) groups excluding carboxylic acids is 2. The standard InChI is InChI=1S/C16H21NO5/c1-4-10-20-15(12(2)22-13(3)18)17-16(19)21-11-14-8-6-5-7-9-14/h4-9,12,15H,1,10-11H2,2-3H3,(H,17,19). The van der Waals surface area contributed by atoms with Crippen molar-refractivity contribution in [3.8, 4) is 0 Å².